The highest BCUT2D eigenvalue weighted by atomic mass is 35.5. The Morgan fingerprint density at radius 1 is 1.26 bits per heavy atom. The van der Waals surface area contributed by atoms with Gasteiger partial charge < -0.3 is 16.0 Å². The summed E-state index contributed by atoms with van der Waals surface area (Å²) in [4.78, 5) is 26.1. The van der Waals surface area contributed by atoms with Gasteiger partial charge in [0.1, 0.15) is 23.2 Å². The molecule has 0 bridgehead atoms. The van der Waals surface area contributed by atoms with Gasteiger partial charge in [-0.05, 0) is 29.8 Å². The molecule has 1 atom stereocenters. The summed E-state index contributed by atoms with van der Waals surface area (Å²) < 4.78 is 15.8. The van der Waals surface area contributed by atoms with Gasteiger partial charge in [-0.15, -0.1) is 0 Å². The fourth-order valence-electron chi connectivity index (χ4n) is 3.50. The minimum absolute atomic E-state index is 0.00359. The molecular formula is C24H22ClFN8O. The summed E-state index contributed by atoms with van der Waals surface area (Å²) in [6.07, 6.45) is 6.57. The van der Waals surface area contributed by atoms with E-state index in [0.717, 1.165) is 5.39 Å². The predicted molar refractivity (Wildman–Crippen MR) is 134 cm³/mol. The first-order chi connectivity index (χ1) is 16.9. The second-order valence-corrected chi connectivity index (χ2v) is 8.10. The van der Waals surface area contributed by atoms with Crippen molar-refractivity contribution in [3.8, 4) is 0 Å². The fourth-order valence-corrected chi connectivity index (χ4v) is 3.62. The third-order valence-corrected chi connectivity index (χ3v) is 5.56. The van der Waals surface area contributed by atoms with Gasteiger partial charge in [-0.3, -0.25) is 14.5 Å². The molecule has 178 valence electrons. The number of rotatable bonds is 7. The molecule has 0 aliphatic heterocycles. The molecule has 3 heterocycles. The molecule has 0 unspecified atom stereocenters. The zero-order valence-corrected chi connectivity index (χ0v) is 19.7. The van der Waals surface area contributed by atoms with Gasteiger partial charge in [0.25, 0.3) is 5.91 Å². The van der Waals surface area contributed by atoms with Crippen LogP contribution in [0.5, 0.6) is 0 Å². The van der Waals surface area contributed by atoms with Crippen molar-refractivity contribution in [3.05, 3.63) is 82.6 Å². The molecule has 0 saturated carbocycles. The van der Waals surface area contributed by atoms with Crippen LogP contribution in [0.25, 0.3) is 10.9 Å². The molecule has 4 rings (SSSR count). The van der Waals surface area contributed by atoms with Gasteiger partial charge in [0, 0.05) is 56.1 Å². The molecule has 1 aromatic carbocycles. The number of aryl methyl sites for hydroxylation is 1. The lowest BCUT2D eigenvalue weighted by atomic mass is 10.0. The summed E-state index contributed by atoms with van der Waals surface area (Å²) in [5.41, 5.74) is 1.93. The van der Waals surface area contributed by atoms with Crippen LogP contribution >= 0.6 is 11.6 Å². The predicted octanol–water partition coefficient (Wildman–Crippen LogP) is 4.16. The standard InChI is InChI=1S/C24H22ClFN8O/c1-28-21(7-8-27)32-22-10-20-15(11-29-22)4-6-19(31-20)24(35)33-23(16-12-30-34(2)13-16)14-3-5-17(25)18(26)9-14/h3-6,8-13,23,27H,7H2,1-2H3,(H,33,35)(H,28,29,32)/t23-/m0/s1. The summed E-state index contributed by atoms with van der Waals surface area (Å²) in [5.74, 6) is 0.0499. The van der Waals surface area contributed by atoms with Crippen molar-refractivity contribution in [2.75, 3.05) is 12.4 Å². The van der Waals surface area contributed by atoms with Crippen molar-refractivity contribution < 1.29 is 9.18 Å². The number of fused-ring (bicyclic) bond motifs is 1. The summed E-state index contributed by atoms with van der Waals surface area (Å²) in [7, 11) is 3.38. The molecule has 9 nitrogen and oxygen atoms in total. The lowest BCUT2D eigenvalue weighted by molar-refractivity contribution is 0.0938. The maximum Gasteiger partial charge on any atom is 0.270 e. The van der Waals surface area contributed by atoms with E-state index in [1.54, 1.807) is 61.6 Å². The number of amides is 1. The number of nitrogens with zero attached hydrogens (tertiary/aromatic N) is 5. The Bertz CT molecular complexity index is 1430. The van der Waals surface area contributed by atoms with Crippen molar-refractivity contribution in [1.82, 2.24) is 25.1 Å². The summed E-state index contributed by atoms with van der Waals surface area (Å²) in [5, 5.41) is 18.1. The highest BCUT2D eigenvalue weighted by molar-refractivity contribution is 6.30. The van der Waals surface area contributed by atoms with Gasteiger partial charge in [-0.25, -0.2) is 14.4 Å². The molecule has 0 aliphatic carbocycles. The maximum absolute atomic E-state index is 14.2. The SMILES string of the molecule is CN=C(CC=N)Nc1cc2nc(C(=O)N[C@@H](c3ccc(Cl)c(F)c3)c3cnn(C)c3)ccc2cn1. The van der Waals surface area contributed by atoms with Gasteiger partial charge in [-0.2, -0.15) is 5.10 Å². The molecule has 0 saturated heterocycles. The number of anilines is 1. The van der Waals surface area contributed by atoms with Crippen LogP contribution < -0.4 is 10.6 Å². The Morgan fingerprint density at radius 3 is 2.77 bits per heavy atom. The van der Waals surface area contributed by atoms with E-state index < -0.39 is 17.8 Å². The number of pyridine rings is 2. The number of benzene rings is 1. The largest absolute Gasteiger partial charge is 0.340 e. The van der Waals surface area contributed by atoms with Crippen LogP contribution in [0.4, 0.5) is 10.2 Å². The zero-order valence-electron chi connectivity index (χ0n) is 19.0. The number of halogens is 2. The van der Waals surface area contributed by atoms with Crippen LogP contribution in [0, 0.1) is 11.2 Å². The van der Waals surface area contributed by atoms with Crippen molar-refractivity contribution >= 4 is 46.3 Å². The van der Waals surface area contributed by atoms with Crippen molar-refractivity contribution in [1.29, 1.82) is 5.41 Å². The highest BCUT2D eigenvalue weighted by Gasteiger charge is 2.21. The van der Waals surface area contributed by atoms with Crippen molar-refractivity contribution in [2.24, 2.45) is 12.0 Å². The van der Waals surface area contributed by atoms with Crippen LogP contribution in [0.2, 0.25) is 5.02 Å². The Labute approximate surface area is 205 Å². The van der Waals surface area contributed by atoms with Gasteiger partial charge in [0.05, 0.1) is 22.8 Å². The molecule has 3 N–H and O–H groups in total. The number of carbonyl (C=O) groups is 1. The van der Waals surface area contributed by atoms with E-state index in [-0.39, 0.29) is 10.7 Å². The molecule has 0 spiro atoms. The van der Waals surface area contributed by atoms with E-state index in [1.165, 1.54) is 18.3 Å². The van der Waals surface area contributed by atoms with E-state index in [0.29, 0.717) is 34.7 Å². The topological polar surface area (TPSA) is 121 Å². The Morgan fingerprint density at radius 2 is 2.09 bits per heavy atom. The van der Waals surface area contributed by atoms with Crippen LogP contribution in [-0.4, -0.2) is 44.8 Å². The van der Waals surface area contributed by atoms with Crippen molar-refractivity contribution in [2.45, 2.75) is 12.5 Å². The van der Waals surface area contributed by atoms with Crippen LogP contribution in [0.15, 0.2) is 60.0 Å². The fraction of sp³-hybridized carbons (Fsp3) is 0.167. The third kappa shape index (κ3) is 5.49. The molecule has 35 heavy (non-hydrogen) atoms. The average Bonchev–Trinajstić information content (AvgIpc) is 3.29. The van der Waals surface area contributed by atoms with E-state index in [9.17, 15) is 9.18 Å². The summed E-state index contributed by atoms with van der Waals surface area (Å²) >= 11 is 5.85. The number of amidine groups is 1. The van der Waals surface area contributed by atoms with E-state index in [2.05, 4.69) is 30.7 Å². The number of nitrogens with one attached hydrogen (secondary N) is 3. The number of carbonyl (C=O) groups excluding carboxylic acids is 1. The quantitative estimate of drug-likeness (QED) is 0.264. The first-order valence-corrected chi connectivity index (χ1v) is 11.0. The minimum atomic E-state index is -0.667. The Kier molecular flexibility index (Phi) is 7.11. The minimum Gasteiger partial charge on any atom is -0.340 e. The smallest absolute Gasteiger partial charge is 0.270 e. The second-order valence-electron chi connectivity index (χ2n) is 7.69. The molecule has 3 aromatic heterocycles. The molecule has 0 radical (unpaired) electrons. The van der Waals surface area contributed by atoms with Gasteiger partial charge in [0.15, 0.2) is 0 Å². The number of aliphatic imine (C=N–C) groups is 1. The summed E-state index contributed by atoms with van der Waals surface area (Å²) in [6.45, 7) is 0. The van der Waals surface area contributed by atoms with Gasteiger partial charge in [0.2, 0.25) is 0 Å². The first kappa shape index (κ1) is 24.0. The molecule has 4 aromatic rings. The molecule has 1 amide bonds. The lowest BCUT2D eigenvalue weighted by Crippen LogP contribution is -2.30. The van der Waals surface area contributed by atoms with Crippen LogP contribution in [-0.2, 0) is 7.05 Å². The molecule has 11 heteroatoms. The molecular weight excluding hydrogens is 471 g/mol. The van der Waals surface area contributed by atoms with Gasteiger partial charge in [-0.1, -0.05) is 17.7 Å². The normalized spacial score (nSPS) is 12.4. The van der Waals surface area contributed by atoms with E-state index >= 15 is 0 Å². The maximum atomic E-state index is 14.2. The highest BCUT2D eigenvalue weighted by Crippen LogP contribution is 2.26. The molecule has 0 fully saturated rings. The number of aromatic nitrogens is 4. The van der Waals surface area contributed by atoms with Crippen molar-refractivity contribution in [3.63, 3.8) is 0 Å². The number of hydrogen-bond donors (Lipinski definition) is 3. The Balaban J connectivity index is 1.64. The van der Waals surface area contributed by atoms with Gasteiger partial charge >= 0.3 is 0 Å². The van der Waals surface area contributed by atoms with E-state index in [4.69, 9.17) is 17.0 Å². The summed E-state index contributed by atoms with van der Waals surface area (Å²) in [6, 6.07) is 8.78. The molecule has 0 aliphatic rings. The first-order valence-electron chi connectivity index (χ1n) is 10.6. The van der Waals surface area contributed by atoms with E-state index in [1.807, 2.05) is 0 Å². The lowest BCUT2D eigenvalue weighted by Gasteiger charge is -2.18. The van der Waals surface area contributed by atoms with Crippen LogP contribution in [0.3, 0.4) is 0 Å². The third-order valence-electron chi connectivity index (χ3n) is 5.25. The second kappa shape index (κ2) is 10.4. The van der Waals surface area contributed by atoms with Crippen LogP contribution in [0.1, 0.15) is 34.1 Å². The number of hydrogen-bond acceptors (Lipinski definition) is 6. The Hall–Kier alpha value is -4.18. The average molecular weight is 493 g/mol. The monoisotopic (exact) mass is 492 g/mol. The zero-order chi connectivity index (χ0) is 24.9.